The van der Waals surface area contributed by atoms with E-state index in [1.807, 2.05) is 40.1 Å². The number of carbonyl (C=O) groups excluding carboxylic acids is 2. The van der Waals surface area contributed by atoms with Crippen LogP contribution in [0.2, 0.25) is 0 Å². The van der Waals surface area contributed by atoms with Crippen LogP contribution in [0.25, 0.3) is 0 Å². The third kappa shape index (κ3) is 4.23. The Morgan fingerprint density at radius 3 is 1.60 bits per heavy atom. The summed E-state index contributed by atoms with van der Waals surface area (Å²) < 4.78 is 0. The molecule has 2 aliphatic rings. The molecule has 2 saturated heterocycles. The van der Waals surface area contributed by atoms with Gasteiger partial charge in [0.05, 0.1) is 0 Å². The average Bonchev–Trinajstić information content (AvgIpc) is 2.64. The van der Waals surface area contributed by atoms with E-state index in [4.69, 9.17) is 0 Å². The number of likely N-dealkylation sites (tertiary alicyclic amines) is 2. The summed E-state index contributed by atoms with van der Waals surface area (Å²) in [4.78, 5) is 30.3. The van der Waals surface area contributed by atoms with Gasteiger partial charge < -0.3 is 9.80 Å². The van der Waals surface area contributed by atoms with Crippen LogP contribution in [0.3, 0.4) is 0 Å². The Bertz CT molecular complexity index is 551. The lowest BCUT2D eigenvalue weighted by Gasteiger charge is -2.36. The van der Waals surface area contributed by atoms with E-state index in [9.17, 15) is 9.59 Å². The van der Waals surface area contributed by atoms with Gasteiger partial charge in [0, 0.05) is 26.2 Å². The predicted octanol–water partition coefficient (Wildman–Crippen LogP) is 3.29. The van der Waals surface area contributed by atoms with Crippen LogP contribution in [0.4, 0.5) is 0 Å². The summed E-state index contributed by atoms with van der Waals surface area (Å²) in [5.41, 5.74) is 0.828. The minimum Gasteiger partial charge on any atom is -0.342 e. The number of amides is 2. The molecule has 0 unspecified atom stereocenters. The fraction of sp³-hybridized carbons (Fsp3) is 0.619. The molecule has 0 radical (unpaired) electrons. The molecule has 1 aromatic carbocycles. The van der Waals surface area contributed by atoms with Crippen molar-refractivity contribution in [2.75, 3.05) is 26.2 Å². The molecule has 0 atom stereocenters. The Kier molecular flexibility index (Phi) is 5.77. The van der Waals surface area contributed by atoms with Gasteiger partial charge in [-0.25, -0.2) is 0 Å². The number of rotatable bonds is 3. The van der Waals surface area contributed by atoms with Crippen LogP contribution in [-0.2, 0) is 9.59 Å². The van der Waals surface area contributed by atoms with Gasteiger partial charge in [-0.15, -0.1) is 0 Å². The van der Waals surface area contributed by atoms with Crippen molar-refractivity contribution in [1.29, 1.82) is 0 Å². The summed E-state index contributed by atoms with van der Waals surface area (Å²) in [7, 11) is 0. The molecule has 0 spiro atoms. The Labute approximate surface area is 151 Å². The third-order valence-corrected chi connectivity index (χ3v) is 5.82. The highest BCUT2D eigenvalue weighted by Gasteiger charge is 2.36. The van der Waals surface area contributed by atoms with Gasteiger partial charge in [-0.3, -0.25) is 9.59 Å². The summed E-state index contributed by atoms with van der Waals surface area (Å²) in [6, 6.07) is 9.60. The molecule has 0 bridgehead atoms. The molecule has 2 heterocycles. The topological polar surface area (TPSA) is 40.6 Å². The largest absolute Gasteiger partial charge is 0.342 e. The fourth-order valence-corrected chi connectivity index (χ4v) is 3.86. The number of carbonyl (C=O) groups is 2. The molecule has 0 aromatic heterocycles. The van der Waals surface area contributed by atoms with Gasteiger partial charge in [-0.1, -0.05) is 44.2 Å². The lowest BCUT2D eigenvalue weighted by Crippen LogP contribution is -2.48. The van der Waals surface area contributed by atoms with Crippen molar-refractivity contribution >= 4 is 11.8 Å². The maximum absolute atomic E-state index is 13.2. The van der Waals surface area contributed by atoms with Gasteiger partial charge in [0.25, 0.3) is 0 Å². The van der Waals surface area contributed by atoms with Crippen LogP contribution < -0.4 is 0 Å². The SMILES string of the molecule is CC1CCN(C(=O)C(C(=O)N2CCC(C)CC2)c2ccccc2)CC1. The summed E-state index contributed by atoms with van der Waals surface area (Å²) in [5.74, 6) is 0.628. The Hall–Kier alpha value is -1.84. The number of hydrogen-bond acceptors (Lipinski definition) is 2. The lowest BCUT2D eigenvalue weighted by atomic mass is 9.91. The molecule has 0 aliphatic carbocycles. The standard InChI is InChI=1S/C21H30N2O2/c1-16-8-12-22(13-9-16)20(24)19(18-6-4-3-5-7-18)21(25)23-14-10-17(2)11-15-23/h3-7,16-17,19H,8-15H2,1-2H3. The van der Waals surface area contributed by atoms with Crippen LogP contribution >= 0.6 is 0 Å². The Morgan fingerprint density at radius 2 is 1.20 bits per heavy atom. The van der Waals surface area contributed by atoms with Crippen LogP contribution in [0.15, 0.2) is 30.3 Å². The van der Waals surface area contributed by atoms with Gasteiger partial charge in [-0.2, -0.15) is 0 Å². The highest BCUT2D eigenvalue weighted by atomic mass is 16.2. The zero-order valence-corrected chi connectivity index (χ0v) is 15.5. The first-order valence-corrected chi connectivity index (χ1v) is 9.68. The van der Waals surface area contributed by atoms with Crippen molar-refractivity contribution < 1.29 is 9.59 Å². The van der Waals surface area contributed by atoms with Gasteiger partial charge >= 0.3 is 0 Å². The van der Waals surface area contributed by atoms with E-state index in [1.165, 1.54) is 0 Å². The van der Waals surface area contributed by atoms with E-state index in [-0.39, 0.29) is 11.8 Å². The van der Waals surface area contributed by atoms with Gasteiger partial charge in [0.2, 0.25) is 11.8 Å². The maximum Gasteiger partial charge on any atom is 0.239 e. The van der Waals surface area contributed by atoms with E-state index < -0.39 is 5.92 Å². The van der Waals surface area contributed by atoms with E-state index in [0.29, 0.717) is 11.8 Å². The molecule has 4 heteroatoms. The lowest BCUT2D eigenvalue weighted by molar-refractivity contribution is -0.144. The number of benzene rings is 1. The second-order valence-corrected chi connectivity index (χ2v) is 7.86. The van der Waals surface area contributed by atoms with Gasteiger partial charge in [0.15, 0.2) is 0 Å². The molecule has 25 heavy (non-hydrogen) atoms. The molecular formula is C21H30N2O2. The highest BCUT2D eigenvalue weighted by Crippen LogP contribution is 2.27. The minimum absolute atomic E-state index is 0.0123. The molecule has 0 N–H and O–H groups in total. The monoisotopic (exact) mass is 342 g/mol. The van der Waals surface area contributed by atoms with E-state index >= 15 is 0 Å². The molecule has 4 nitrogen and oxygen atoms in total. The molecule has 1 aromatic rings. The van der Waals surface area contributed by atoms with E-state index in [2.05, 4.69) is 13.8 Å². The van der Waals surface area contributed by atoms with Crippen molar-refractivity contribution in [2.24, 2.45) is 11.8 Å². The first-order chi connectivity index (χ1) is 12.1. The van der Waals surface area contributed by atoms with Crippen molar-refractivity contribution in [3.05, 3.63) is 35.9 Å². The van der Waals surface area contributed by atoms with E-state index in [1.54, 1.807) is 0 Å². The van der Waals surface area contributed by atoms with Crippen molar-refractivity contribution in [1.82, 2.24) is 9.80 Å². The first kappa shape index (κ1) is 18.0. The Balaban J connectivity index is 1.80. The second-order valence-electron chi connectivity index (χ2n) is 7.86. The molecule has 3 rings (SSSR count). The predicted molar refractivity (Wildman–Crippen MR) is 99.1 cm³/mol. The average molecular weight is 342 g/mol. The number of piperidine rings is 2. The second kappa shape index (κ2) is 8.03. The van der Waals surface area contributed by atoms with Crippen molar-refractivity contribution in [2.45, 2.75) is 45.4 Å². The van der Waals surface area contributed by atoms with Crippen molar-refractivity contribution in [3.8, 4) is 0 Å². The summed E-state index contributed by atoms with van der Waals surface area (Å²) in [6.45, 7) is 7.55. The van der Waals surface area contributed by atoms with E-state index in [0.717, 1.165) is 57.4 Å². The fourth-order valence-electron chi connectivity index (χ4n) is 3.86. The zero-order valence-electron chi connectivity index (χ0n) is 15.5. The molecule has 0 saturated carbocycles. The van der Waals surface area contributed by atoms with Crippen LogP contribution in [0.5, 0.6) is 0 Å². The van der Waals surface area contributed by atoms with Gasteiger partial charge in [0.1, 0.15) is 5.92 Å². The van der Waals surface area contributed by atoms with Crippen LogP contribution in [-0.4, -0.2) is 47.8 Å². The highest BCUT2D eigenvalue weighted by molar-refractivity contribution is 6.05. The summed E-state index contributed by atoms with van der Waals surface area (Å²) >= 11 is 0. The smallest absolute Gasteiger partial charge is 0.239 e. The zero-order chi connectivity index (χ0) is 17.8. The maximum atomic E-state index is 13.2. The van der Waals surface area contributed by atoms with Crippen LogP contribution in [0, 0.1) is 11.8 Å². The molecule has 2 aliphatic heterocycles. The molecule has 2 fully saturated rings. The first-order valence-electron chi connectivity index (χ1n) is 9.68. The number of nitrogens with zero attached hydrogens (tertiary/aromatic N) is 2. The minimum atomic E-state index is -0.678. The quantitative estimate of drug-likeness (QED) is 0.791. The Morgan fingerprint density at radius 1 is 0.800 bits per heavy atom. The summed E-state index contributed by atoms with van der Waals surface area (Å²) in [6.07, 6.45) is 4.12. The summed E-state index contributed by atoms with van der Waals surface area (Å²) in [5, 5.41) is 0. The van der Waals surface area contributed by atoms with Crippen molar-refractivity contribution in [3.63, 3.8) is 0 Å². The normalized spacial score (nSPS) is 20.1. The molecule has 2 amide bonds. The number of hydrogen-bond donors (Lipinski definition) is 0. The van der Waals surface area contributed by atoms with Crippen LogP contribution in [0.1, 0.15) is 51.0 Å². The third-order valence-electron chi connectivity index (χ3n) is 5.82. The van der Waals surface area contributed by atoms with Gasteiger partial charge in [-0.05, 0) is 43.1 Å². The molecule has 136 valence electrons. The molecular weight excluding hydrogens is 312 g/mol.